The SMILES string of the molecule is Cc1nnc(-c2ccc(CC(=O)NCCOCCOCCOCCOCCNC(=O)CCCCCC3SC[C@@H]4NC(=O)N[C@H]34)cc2)nn1. The van der Waals surface area contributed by atoms with E-state index >= 15 is 0 Å². The Bertz CT molecular complexity index is 1260. The average molecular weight is 689 g/mol. The zero-order valence-corrected chi connectivity index (χ0v) is 28.4. The molecule has 2 aromatic rings. The summed E-state index contributed by atoms with van der Waals surface area (Å²) < 4.78 is 22.0. The molecular formula is C32H48N8O7S. The van der Waals surface area contributed by atoms with Crippen molar-refractivity contribution in [2.45, 2.75) is 62.8 Å². The molecule has 2 saturated heterocycles. The van der Waals surface area contributed by atoms with Gasteiger partial charge in [-0.25, -0.2) is 4.79 Å². The minimum absolute atomic E-state index is 0.0482. The number of rotatable bonds is 24. The van der Waals surface area contributed by atoms with Gasteiger partial charge in [-0.05, 0) is 25.3 Å². The van der Waals surface area contributed by atoms with Crippen LogP contribution in [0.5, 0.6) is 0 Å². The van der Waals surface area contributed by atoms with Crippen LogP contribution in [0.4, 0.5) is 4.79 Å². The molecule has 16 heteroatoms. The number of fused-ring (bicyclic) bond motifs is 1. The number of ether oxygens (including phenoxy) is 4. The highest BCUT2D eigenvalue weighted by Gasteiger charge is 2.42. The third kappa shape index (κ3) is 14.0. The van der Waals surface area contributed by atoms with E-state index in [9.17, 15) is 14.4 Å². The lowest BCUT2D eigenvalue weighted by molar-refractivity contribution is -0.122. The van der Waals surface area contributed by atoms with Crippen LogP contribution in [0.1, 0.15) is 43.5 Å². The first kappa shape index (κ1) is 37.4. The van der Waals surface area contributed by atoms with Crippen LogP contribution in [0.2, 0.25) is 0 Å². The lowest BCUT2D eigenvalue weighted by Gasteiger charge is -2.16. The summed E-state index contributed by atoms with van der Waals surface area (Å²) in [6.45, 7) is 6.14. The van der Waals surface area contributed by atoms with Crippen molar-refractivity contribution in [2.75, 3.05) is 71.7 Å². The third-order valence-corrected chi connectivity index (χ3v) is 9.25. The highest BCUT2D eigenvalue weighted by atomic mass is 32.2. The van der Waals surface area contributed by atoms with Crippen LogP contribution in [0.25, 0.3) is 11.4 Å². The van der Waals surface area contributed by atoms with Crippen molar-refractivity contribution in [3.8, 4) is 11.4 Å². The van der Waals surface area contributed by atoms with Gasteiger partial charge in [0.25, 0.3) is 0 Å². The van der Waals surface area contributed by atoms with Crippen molar-refractivity contribution in [1.29, 1.82) is 0 Å². The number of thioether (sulfide) groups is 1. The van der Waals surface area contributed by atoms with E-state index in [1.54, 1.807) is 6.92 Å². The van der Waals surface area contributed by atoms with E-state index in [2.05, 4.69) is 41.7 Å². The summed E-state index contributed by atoms with van der Waals surface area (Å²) in [6, 6.07) is 7.87. The van der Waals surface area contributed by atoms with Crippen LogP contribution in [0.3, 0.4) is 0 Å². The molecule has 0 saturated carbocycles. The van der Waals surface area contributed by atoms with Gasteiger partial charge < -0.3 is 40.2 Å². The third-order valence-electron chi connectivity index (χ3n) is 7.74. The van der Waals surface area contributed by atoms with Gasteiger partial charge in [0, 0.05) is 36.1 Å². The van der Waals surface area contributed by atoms with Gasteiger partial charge in [0.15, 0.2) is 5.82 Å². The van der Waals surface area contributed by atoms with Crippen LogP contribution in [-0.4, -0.2) is 127 Å². The van der Waals surface area contributed by atoms with Gasteiger partial charge in [0.2, 0.25) is 17.6 Å². The van der Waals surface area contributed by atoms with Gasteiger partial charge in [-0.15, -0.1) is 20.4 Å². The summed E-state index contributed by atoms with van der Waals surface area (Å²) in [6.07, 6.45) is 4.79. The normalized spacial score (nSPS) is 18.3. The number of amides is 4. The van der Waals surface area contributed by atoms with Crippen LogP contribution in [0, 0.1) is 6.92 Å². The minimum Gasteiger partial charge on any atom is -0.377 e. The molecule has 0 bridgehead atoms. The zero-order chi connectivity index (χ0) is 33.8. The number of nitrogens with one attached hydrogen (secondary N) is 4. The summed E-state index contributed by atoms with van der Waals surface area (Å²) >= 11 is 1.93. The van der Waals surface area contributed by atoms with Crippen molar-refractivity contribution < 1.29 is 33.3 Å². The molecule has 1 aromatic heterocycles. The van der Waals surface area contributed by atoms with Crippen molar-refractivity contribution >= 4 is 29.6 Å². The molecule has 1 unspecified atom stereocenters. The first-order valence-electron chi connectivity index (χ1n) is 16.6. The smallest absolute Gasteiger partial charge is 0.315 e. The summed E-state index contributed by atoms with van der Waals surface area (Å²) in [5.41, 5.74) is 1.67. The number of carbonyl (C=O) groups is 3. The summed E-state index contributed by atoms with van der Waals surface area (Å²) in [7, 11) is 0. The number of aryl methyl sites for hydroxylation is 1. The first-order valence-corrected chi connectivity index (χ1v) is 17.7. The quantitative estimate of drug-likeness (QED) is 0.0913. The molecule has 1 aromatic carbocycles. The molecule has 15 nitrogen and oxygen atoms in total. The lowest BCUT2D eigenvalue weighted by atomic mass is 10.0. The molecule has 48 heavy (non-hydrogen) atoms. The maximum atomic E-state index is 12.2. The topological polar surface area (TPSA) is 188 Å². The number of hydrogen-bond donors (Lipinski definition) is 4. The Kier molecular flexibility index (Phi) is 16.8. The van der Waals surface area contributed by atoms with E-state index in [4.69, 9.17) is 18.9 Å². The van der Waals surface area contributed by atoms with Crippen LogP contribution >= 0.6 is 11.8 Å². The van der Waals surface area contributed by atoms with E-state index < -0.39 is 0 Å². The first-order chi connectivity index (χ1) is 23.5. The molecule has 264 valence electrons. The van der Waals surface area contributed by atoms with Gasteiger partial charge in [-0.2, -0.15) is 11.8 Å². The second-order valence-corrected chi connectivity index (χ2v) is 12.8. The fraction of sp³-hybridized carbons (Fsp3) is 0.656. The molecular weight excluding hydrogens is 640 g/mol. The van der Waals surface area contributed by atoms with E-state index in [0.717, 1.165) is 42.6 Å². The molecule has 0 aliphatic carbocycles. The predicted molar refractivity (Wildman–Crippen MR) is 179 cm³/mol. The average Bonchev–Trinajstić information content (AvgIpc) is 3.64. The van der Waals surface area contributed by atoms with Crippen LogP contribution in [0.15, 0.2) is 24.3 Å². The summed E-state index contributed by atoms with van der Waals surface area (Å²) in [5.74, 6) is 1.89. The van der Waals surface area contributed by atoms with E-state index in [1.807, 2.05) is 36.0 Å². The molecule has 0 radical (unpaired) electrons. The number of hydrogen-bond acceptors (Lipinski definition) is 12. The van der Waals surface area contributed by atoms with Gasteiger partial charge in [0.1, 0.15) is 0 Å². The number of benzene rings is 1. The molecule has 3 heterocycles. The van der Waals surface area contributed by atoms with Crippen LogP contribution in [-0.2, 0) is 35.0 Å². The number of nitrogens with zero attached hydrogens (tertiary/aromatic N) is 4. The molecule has 2 fully saturated rings. The fourth-order valence-corrected chi connectivity index (χ4v) is 6.78. The largest absolute Gasteiger partial charge is 0.377 e. The van der Waals surface area contributed by atoms with Gasteiger partial charge >= 0.3 is 6.03 Å². The highest BCUT2D eigenvalue weighted by Crippen LogP contribution is 2.33. The second kappa shape index (κ2) is 21.5. The Labute approximate surface area is 285 Å². The second-order valence-electron chi connectivity index (χ2n) is 11.5. The Morgan fingerprint density at radius 1 is 0.792 bits per heavy atom. The highest BCUT2D eigenvalue weighted by molar-refractivity contribution is 8.00. The van der Waals surface area contributed by atoms with Gasteiger partial charge in [-0.3, -0.25) is 9.59 Å². The van der Waals surface area contributed by atoms with Gasteiger partial charge in [-0.1, -0.05) is 37.1 Å². The number of carbonyl (C=O) groups excluding carboxylic acids is 3. The molecule has 4 amide bonds. The van der Waals surface area contributed by atoms with Gasteiger partial charge in [0.05, 0.1) is 71.4 Å². The number of urea groups is 1. The number of unbranched alkanes of at least 4 members (excludes halogenated alkanes) is 2. The zero-order valence-electron chi connectivity index (χ0n) is 27.6. The molecule has 0 spiro atoms. The fourth-order valence-electron chi connectivity index (χ4n) is 5.24. The Morgan fingerprint density at radius 3 is 2.04 bits per heavy atom. The van der Waals surface area contributed by atoms with E-state index in [1.165, 1.54) is 0 Å². The maximum absolute atomic E-state index is 12.2. The lowest BCUT2D eigenvalue weighted by Crippen LogP contribution is -2.36. The maximum Gasteiger partial charge on any atom is 0.315 e. The Balaban J connectivity index is 0.850. The van der Waals surface area contributed by atoms with Crippen molar-refractivity contribution in [3.63, 3.8) is 0 Å². The van der Waals surface area contributed by atoms with Crippen LogP contribution < -0.4 is 21.3 Å². The molecule has 2 aliphatic rings. The predicted octanol–water partition coefficient (Wildman–Crippen LogP) is 1.20. The van der Waals surface area contributed by atoms with Crippen molar-refractivity contribution in [3.05, 3.63) is 35.7 Å². The van der Waals surface area contributed by atoms with Crippen molar-refractivity contribution in [2.24, 2.45) is 0 Å². The molecule has 4 N–H and O–H groups in total. The van der Waals surface area contributed by atoms with E-state index in [0.29, 0.717) is 89.3 Å². The summed E-state index contributed by atoms with van der Waals surface area (Å²) in [5, 5.41) is 28.0. The minimum atomic E-state index is -0.0846. The summed E-state index contributed by atoms with van der Waals surface area (Å²) in [4.78, 5) is 35.7. The standard InChI is InChI=1S/C32H48N8O7S/c1-23-37-39-31(40-38-23)25-9-7-24(8-10-25)21-29(42)34-12-14-45-16-18-47-20-19-46-17-15-44-13-11-33-28(41)6-4-2-3-5-27-30-26(22-48-27)35-32(43)36-30/h7-10,26-27,30H,2-6,11-22H2,1H3,(H,33,41)(H,34,42)(H2,35,36,43)/t26-,27?,30-/m0/s1. The monoisotopic (exact) mass is 688 g/mol. The van der Waals surface area contributed by atoms with Crippen molar-refractivity contribution in [1.82, 2.24) is 41.7 Å². The molecule has 2 aliphatic heterocycles. The number of aromatic nitrogens is 4. The Morgan fingerprint density at radius 2 is 1.40 bits per heavy atom. The molecule has 3 atom stereocenters. The van der Waals surface area contributed by atoms with E-state index in [-0.39, 0.29) is 36.3 Å². The molecule has 4 rings (SSSR count). The Hall–Kier alpha value is -3.44.